The van der Waals surface area contributed by atoms with Crippen LogP contribution in [0.2, 0.25) is 0 Å². The number of para-hydroxylation sites is 3. The van der Waals surface area contributed by atoms with Gasteiger partial charge in [-0.25, -0.2) is 22.0 Å². The van der Waals surface area contributed by atoms with Gasteiger partial charge < -0.3 is 14.7 Å². The number of hydrogen-bond donors (Lipinski definition) is 0. The van der Waals surface area contributed by atoms with Gasteiger partial charge in [-0.3, -0.25) is 43.1 Å². The molecule has 6 fully saturated rings. The number of rotatable bonds is 12. The van der Waals surface area contributed by atoms with Crippen LogP contribution >= 0.6 is 0 Å². The number of hydrogen-bond acceptors (Lipinski definition) is 9. The Morgan fingerprint density at radius 2 is 0.782 bits per heavy atom. The molecule has 6 aromatic carbocycles. The highest BCUT2D eigenvalue weighted by Gasteiger charge is 2.58. The second-order valence-corrected chi connectivity index (χ2v) is 29.8. The van der Waals surface area contributed by atoms with Gasteiger partial charge in [0.05, 0.1) is 54.5 Å². The van der Waals surface area contributed by atoms with E-state index in [1.54, 1.807) is 81.1 Å². The first-order valence-corrected chi connectivity index (χ1v) is 36.2. The monoisotopic (exact) mass is 1370 g/mol. The summed E-state index contributed by atoms with van der Waals surface area (Å²) in [6.45, 7) is 5.25. The summed E-state index contributed by atoms with van der Waals surface area (Å²) in [6, 6.07) is 35.9. The summed E-state index contributed by atoms with van der Waals surface area (Å²) >= 11 is 0. The van der Waals surface area contributed by atoms with Crippen molar-refractivity contribution < 1.29 is 36.3 Å². The summed E-state index contributed by atoms with van der Waals surface area (Å²) < 4.78 is 80.3. The molecule has 3 aliphatic carbocycles. The average Bonchev–Trinajstić information content (AvgIpc) is 1.58. The standard InChI is InChI=1S/2C27H28F2N4O.C27H29FN4O/c1-31-15-19(14-30-31)21-13-23(28)18(12-24(21)29)16-33-25-9-5-4-8-22(25)27(26(33)34)10-11-32(17-27)20-6-2-3-7-20;1-31-15-19(14-30-31)18-12-23(28)21(24(29)13-18)16-33-25-9-5-4-8-22(25)27(26(33)34)10-11-32(17-27)20-6-2-3-7-20;1-30-17-20(15-29-30)22-11-10-19(14-24(22)28)16-32-25-9-5-4-8-23(25)27(26(32)33)12-13-31(18-27)21-6-2-3-7-21/h2*4-5,8-9,12-15,20H,2-3,6-7,10-11,16-17H2,1H3;4-5,8-11,14-15,17,21H,2-3,6-7,12-13,16,18H2,1H3. The second kappa shape index (κ2) is 26.7. The van der Waals surface area contributed by atoms with E-state index in [4.69, 9.17) is 0 Å². The minimum absolute atomic E-state index is 0.00495. The third kappa shape index (κ3) is 11.9. The molecule has 3 atom stereocenters. The van der Waals surface area contributed by atoms with Crippen molar-refractivity contribution in [2.24, 2.45) is 21.1 Å². The molecule has 9 heterocycles. The third-order valence-electron chi connectivity index (χ3n) is 23.9. The summed E-state index contributed by atoms with van der Waals surface area (Å²) in [5, 5.41) is 12.3. The molecule has 15 nitrogen and oxygen atoms in total. The molecule has 6 aliphatic heterocycles. The minimum atomic E-state index is -0.649. The molecule has 3 saturated heterocycles. The van der Waals surface area contributed by atoms with E-state index in [1.165, 1.54) is 108 Å². The molecular formula is C81H85F5N12O3. The number of aryl methyl sites for hydroxylation is 3. The average molecular weight is 1370 g/mol. The highest BCUT2D eigenvalue weighted by Crippen LogP contribution is 2.53. The zero-order valence-corrected chi connectivity index (χ0v) is 57.6. The van der Waals surface area contributed by atoms with Crippen molar-refractivity contribution in [2.45, 2.75) is 150 Å². The molecule has 3 aromatic heterocycles. The summed E-state index contributed by atoms with van der Waals surface area (Å²) in [6.07, 6.45) is 27.2. The minimum Gasteiger partial charge on any atom is -0.307 e. The van der Waals surface area contributed by atoms with E-state index in [0.29, 0.717) is 60.0 Å². The molecule has 3 amide bonds. The maximum atomic E-state index is 15.2. The van der Waals surface area contributed by atoms with Gasteiger partial charge in [0.1, 0.15) is 29.1 Å². The largest absolute Gasteiger partial charge is 0.307 e. The molecule has 3 unspecified atom stereocenters. The van der Waals surface area contributed by atoms with Crippen molar-refractivity contribution in [2.75, 3.05) is 54.0 Å². The number of likely N-dealkylation sites (tertiary alicyclic amines) is 3. The molecule has 522 valence electrons. The van der Waals surface area contributed by atoms with E-state index in [0.717, 1.165) is 90.3 Å². The lowest BCUT2D eigenvalue weighted by Crippen LogP contribution is -2.43. The number of nitrogens with zero attached hydrogens (tertiary/aromatic N) is 12. The fraction of sp³-hybridized carbons (Fsp3) is 0.407. The van der Waals surface area contributed by atoms with Gasteiger partial charge >= 0.3 is 0 Å². The van der Waals surface area contributed by atoms with Gasteiger partial charge in [-0.05, 0) is 154 Å². The highest BCUT2D eigenvalue weighted by molar-refractivity contribution is 6.10. The van der Waals surface area contributed by atoms with Crippen molar-refractivity contribution in [1.29, 1.82) is 0 Å². The molecule has 3 saturated carbocycles. The zero-order valence-electron chi connectivity index (χ0n) is 57.6. The molecule has 20 heteroatoms. The molecule has 0 bridgehead atoms. The number of aromatic nitrogens is 6. The highest BCUT2D eigenvalue weighted by atomic mass is 19.1. The Hall–Kier alpha value is -9.11. The van der Waals surface area contributed by atoms with Crippen LogP contribution in [0.15, 0.2) is 152 Å². The quantitative estimate of drug-likeness (QED) is 0.110. The van der Waals surface area contributed by atoms with E-state index in [2.05, 4.69) is 36.1 Å². The van der Waals surface area contributed by atoms with Gasteiger partial charge in [0.2, 0.25) is 17.7 Å². The van der Waals surface area contributed by atoms with E-state index in [9.17, 15) is 23.2 Å². The Balaban J connectivity index is 0.000000118. The Morgan fingerprint density at radius 1 is 0.396 bits per heavy atom. The van der Waals surface area contributed by atoms with Gasteiger partial charge in [0.15, 0.2) is 0 Å². The van der Waals surface area contributed by atoms with Crippen LogP contribution in [-0.4, -0.2) is 119 Å². The zero-order chi connectivity index (χ0) is 69.5. The van der Waals surface area contributed by atoms with Crippen molar-refractivity contribution in [3.8, 4) is 33.4 Å². The van der Waals surface area contributed by atoms with Crippen molar-refractivity contribution in [3.63, 3.8) is 0 Å². The number of carbonyl (C=O) groups is 3. The fourth-order valence-electron chi connectivity index (χ4n) is 18.6. The summed E-state index contributed by atoms with van der Waals surface area (Å²) in [7, 11) is 5.31. The van der Waals surface area contributed by atoms with Crippen LogP contribution in [0, 0.1) is 29.1 Å². The number of halogens is 5. The predicted molar refractivity (Wildman–Crippen MR) is 379 cm³/mol. The van der Waals surface area contributed by atoms with E-state index < -0.39 is 39.5 Å². The third-order valence-corrected chi connectivity index (χ3v) is 23.9. The summed E-state index contributed by atoms with van der Waals surface area (Å²) in [5.41, 5.74) is 7.97. The van der Waals surface area contributed by atoms with Gasteiger partial charge in [-0.15, -0.1) is 0 Å². The smallest absolute Gasteiger partial charge is 0.239 e. The fourth-order valence-corrected chi connectivity index (χ4v) is 18.6. The van der Waals surface area contributed by atoms with E-state index in [1.807, 2.05) is 84.7 Å². The van der Waals surface area contributed by atoms with Gasteiger partial charge in [-0.1, -0.05) is 105 Å². The first-order valence-electron chi connectivity index (χ1n) is 36.2. The summed E-state index contributed by atoms with van der Waals surface area (Å²) in [4.78, 5) is 54.4. The molecule has 0 radical (unpaired) electrons. The molecule has 9 aromatic rings. The first kappa shape index (κ1) is 66.4. The topological polar surface area (TPSA) is 124 Å². The first-order chi connectivity index (χ1) is 49.0. The molecule has 101 heavy (non-hydrogen) atoms. The number of benzene rings is 6. The van der Waals surface area contributed by atoms with Crippen LogP contribution < -0.4 is 14.7 Å². The number of carbonyl (C=O) groups excluding carboxylic acids is 3. The second-order valence-electron chi connectivity index (χ2n) is 29.8. The van der Waals surface area contributed by atoms with Crippen LogP contribution in [0.3, 0.4) is 0 Å². The molecule has 0 N–H and O–H groups in total. The Kier molecular flexibility index (Phi) is 17.6. The molecular weight excluding hydrogens is 1280 g/mol. The van der Waals surface area contributed by atoms with Gasteiger partial charge in [0, 0.05) is 133 Å². The van der Waals surface area contributed by atoms with Crippen molar-refractivity contribution in [1.82, 2.24) is 44.0 Å². The maximum Gasteiger partial charge on any atom is 0.239 e. The lowest BCUT2D eigenvalue weighted by Gasteiger charge is -2.27. The van der Waals surface area contributed by atoms with Crippen LogP contribution in [0.5, 0.6) is 0 Å². The lowest BCUT2D eigenvalue weighted by atomic mass is 9.81. The molecule has 9 aliphatic rings. The van der Waals surface area contributed by atoms with Crippen LogP contribution in [-0.2, 0) is 71.4 Å². The van der Waals surface area contributed by atoms with Gasteiger partial charge in [-0.2, -0.15) is 15.3 Å². The van der Waals surface area contributed by atoms with E-state index >= 15 is 13.2 Å². The van der Waals surface area contributed by atoms with E-state index in [-0.39, 0.29) is 53.3 Å². The molecule has 18 rings (SSSR count). The number of anilines is 3. The Bertz CT molecular complexity index is 4640. The van der Waals surface area contributed by atoms with Crippen molar-refractivity contribution >= 4 is 34.8 Å². The predicted octanol–water partition coefficient (Wildman–Crippen LogP) is 14.3. The Morgan fingerprint density at radius 3 is 1.20 bits per heavy atom. The molecule has 3 spiro atoms. The number of amides is 3. The maximum absolute atomic E-state index is 15.2. The lowest BCUT2D eigenvalue weighted by molar-refractivity contribution is -0.123. The van der Waals surface area contributed by atoms with Gasteiger partial charge in [0.25, 0.3) is 0 Å². The van der Waals surface area contributed by atoms with Crippen LogP contribution in [0.4, 0.5) is 39.0 Å². The Labute approximate surface area is 586 Å². The van der Waals surface area contributed by atoms with Crippen LogP contribution in [0.1, 0.15) is 130 Å². The SMILES string of the molecule is Cn1cc(-c2cc(F)c(CN3C(=O)C4(CCN(C5CCCC5)C4)c4ccccc43)c(F)c2)cn1.Cn1cc(-c2cc(F)c(CN3C(=O)C4(CCN(C5CCCC5)C4)c4ccccc43)cc2F)cn1.Cn1cc(-c2ccc(CN3C(=O)C4(CCN(C5CCCC5)C4)c4ccccc43)cc2F)cn1. The van der Waals surface area contributed by atoms with Crippen LogP contribution in [0.25, 0.3) is 33.4 Å². The number of fused-ring (bicyclic) bond motifs is 6. The van der Waals surface area contributed by atoms with Crippen molar-refractivity contribution in [3.05, 3.63) is 215 Å². The summed E-state index contributed by atoms with van der Waals surface area (Å²) in [5.74, 6) is -2.50. The normalized spacial score (nSPS) is 23.0.